The predicted molar refractivity (Wildman–Crippen MR) is 65.2 cm³/mol. The zero-order valence-corrected chi connectivity index (χ0v) is 9.48. The maximum Gasteiger partial charge on any atom is 0.159 e. The van der Waals surface area contributed by atoms with Gasteiger partial charge in [-0.15, -0.1) is 0 Å². The Balaban J connectivity index is 2.24. The fraction of sp³-hybridized carbons (Fsp3) is 0.167. The van der Waals surface area contributed by atoms with E-state index in [9.17, 15) is 0 Å². The molecule has 0 amide bonds. The normalized spacial score (nSPS) is 10.4. The van der Waals surface area contributed by atoms with Gasteiger partial charge >= 0.3 is 0 Å². The summed E-state index contributed by atoms with van der Waals surface area (Å²) in [5.41, 5.74) is 7.47. The second-order valence-electron chi connectivity index (χ2n) is 3.46. The van der Waals surface area contributed by atoms with E-state index in [1.807, 2.05) is 36.7 Å². The standard InChI is InChI=1S/C12H12ClN3/c13-11-3-1-10(2-4-11)12-15-7-9(5-6-14)8-16-12/h1-4,7-8H,5-6,14H2. The molecule has 2 aromatic rings. The lowest BCUT2D eigenvalue weighted by Crippen LogP contribution is -2.03. The van der Waals surface area contributed by atoms with Crippen molar-refractivity contribution >= 4 is 11.6 Å². The quantitative estimate of drug-likeness (QED) is 0.885. The third-order valence-corrected chi connectivity index (χ3v) is 2.49. The van der Waals surface area contributed by atoms with Crippen LogP contribution in [0.25, 0.3) is 11.4 Å². The molecule has 0 saturated heterocycles. The van der Waals surface area contributed by atoms with Gasteiger partial charge in [-0.3, -0.25) is 0 Å². The fourth-order valence-corrected chi connectivity index (χ4v) is 1.52. The molecule has 2 N–H and O–H groups in total. The highest BCUT2D eigenvalue weighted by atomic mass is 35.5. The van der Waals surface area contributed by atoms with E-state index in [1.165, 1.54) is 0 Å². The van der Waals surface area contributed by atoms with Crippen LogP contribution < -0.4 is 5.73 Å². The van der Waals surface area contributed by atoms with Crippen molar-refractivity contribution in [3.8, 4) is 11.4 Å². The van der Waals surface area contributed by atoms with Crippen LogP contribution in [0.5, 0.6) is 0 Å². The van der Waals surface area contributed by atoms with Gasteiger partial charge in [0.2, 0.25) is 0 Å². The van der Waals surface area contributed by atoms with Crippen LogP contribution in [0.2, 0.25) is 5.02 Å². The lowest BCUT2D eigenvalue weighted by atomic mass is 10.2. The van der Waals surface area contributed by atoms with Crippen LogP contribution in [0, 0.1) is 0 Å². The molecule has 0 atom stereocenters. The summed E-state index contributed by atoms with van der Waals surface area (Å²) in [5.74, 6) is 0.706. The number of aromatic nitrogens is 2. The summed E-state index contributed by atoms with van der Waals surface area (Å²) in [5, 5.41) is 0.712. The molecule has 0 unspecified atom stereocenters. The number of nitrogens with two attached hydrogens (primary N) is 1. The highest BCUT2D eigenvalue weighted by Gasteiger charge is 2.00. The van der Waals surface area contributed by atoms with Gasteiger partial charge in [0.25, 0.3) is 0 Å². The number of rotatable bonds is 3. The minimum absolute atomic E-state index is 0.615. The van der Waals surface area contributed by atoms with Crippen LogP contribution in [0.4, 0.5) is 0 Å². The van der Waals surface area contributed by atoms with Crippen molar-refractivity contribution in [2.24, 2.45) is 5.73 Å². The van der Waals surface area contributed by atoms with Crippen molar-refractivity contribution in [2.45, 2.75) is 6.42 Å². The van der Waals surface area contributed by atoms with Crippen LogP contribution in [0.1, 0.15) is 5.56 Å². The van der Waals surface area contributed by atoms with Crippen molar-refractivity contribution < 1.29 is 0 Å². The number of hydrogen-bond acceptors (Lipinski definition) is 3. The van der Waals surface area contributed by atoms with Crippen molar-refractivity contribution in [1.29, 1.82) is 0 Å². The van der Waals surface area contributed by atoms with Gasteiger partial charge in [-0.05, 0) is 42.8 Å². The highest BCUT2D eigenvalue weighted by molar-refractivity contribution is 6.30. The molecule has 0 spiro atoms. The number of hydrogen-bond donors (Lipinski definition) is 1. The summed E-state index contributed by atoms with van der Waals surface area (Å²) in [6.45, 7) is 0.615. The Morgan fingerprint density at radius 1 is 1.06 bits per heavy atom. The van der Waals surface area contributed by atoms with Crippen molar-refractivity contribution in [3.63, 3.8) is 0 Å². The van der Waals surface area contributed by atoms with E-state index in [0.717, 1.165) is 17.5 Å². The van der Waals surface area contributed by atoms with E-state index < -0.39 is 0 Å². The molecular weight excluding hydrogens is 222 g/mol. The molecule has 3 nitrogen and oxygen atoms in total. The summed E-state index contributed by atoms with van der Waals surface area (Å²) < 4.78 is 0. The molecule has 0 aliphatic heterocycles. The average molecular weight is 234 g/mol. The molecule has 0 fully saturated rings. The third-order valence-electron chi connectivity index (χ3n) is 2.24. The number of nitrogens with zero attached hydrogens (tertiary/aromatic N) is 2. The molecule has 1 aromatic heterocycles. The highest BCUT2D eigenvalue weighted by Crippen LogP contribution is 2.17. The van der Waals surface area contributed by atoms with Gasteiger partial charge in [0.1, 0.15) is 0 Å². The molecule has 1 aromatic carbocycles. The lowest BCUT2D eigenvalue weighted by Gasteiger charge is -2.01. The topological polar surface area (TPSA) is 51.8 Å². The fourth-order valence-electron chi connectivity index (χ4n) is 1.40. The van der Waals surface area contributed by atoms with E-state index in [4.69, 9.17) is 17.3 Å². The summed E-state index contributed by atoms with van der Waals surface area (Å²) in [4.78, 5) is 8.57. The van der Waals surface area contributed by atoms with Crippen LogP contribution in [-0.4, -0.2) is 16.5 Å². The van der Waals surface area contributed by atoms with Gasteiger partial charge in [0.15, 0.2) is 5.82 Å². The van der Waals surface area contributed by atoms with Gasteiger partial charge in [-0.25, -0.2) is 9.97 Å². The van der Waals surface area contributed by atoms with E-state index in [2.05, 4.69) is 9.97 Å². The molecule has 4 heteroatoms. The van der Waals surface area contributed by atoms with Crippen molar-refractivity contribution in [3.05, 3.63) is 47.2 Å². The monoisotopic (exact) mass is 233 g/mol. The van der Waals surface area contributed by atoms with Crippen LogP contribution >= 0.6 is 11.6 Å². The smallest absolute Gasteiger partial charge is 0.159 e. The Labute approximate surface area is 99.3 Å². The molecular formula is C12H12ClN3. The third kappa shape index (κ3) is 2.56. The molecule has 82 valence electrons. The molecule has 0 aliphatic carbocycles. The largest absolute Gasteiger partial charge is 0.330 e. The van der Waals surface area contributed by atoms with Crippen LogP contribution in [-0.2, 0) is 6.42 Å². The maximum atomic E-state index is 5.81. The molecule has 0 radical (unpaired) electrons. The maximum absolute atomic E-state index is 5.81. The summed E-state index contributed by atoms with van der Waals surface area (Å²) >= 11 is 5.81. The lowest BCUT2D eigenvalue weighted by molar-refractivity contribution is 0.943. The Morgan fingerprint density at radius 3 is 2.25 bits per heavy atom. The molecule has 0 bridgehead atoms. The zero-order valence-electron chi connectivity index (χ0n) is 8.73. The average Bonchev–Trinajstić information content (AvgIpc) is 2.32. The van der Waals surface area contributed by atoms with Gasteiger partial charge in [0.05, 0.1) is 0 Å². The minimum atomic E-state index is 0.615. The first-order chi connectivity index (χ1) is 7.79. The summed E-state index contributed by atoms with van der Waals surface area (Å²) in [6, 6.07) is 7.46. The second-order valence-corrected chi connectivity index (χ2v) is 3.90. The molecule has 16 heavy (non-hydrogen) atoms. The van der Waals surface area contributed by atoms with Crippen molar-refractivity contribution in [2.75, 3.05) is 6.54 Å². The zero-order chi connectivity index (χ0) is 11.4. The first-order valence-corrected chi connectivity index (χ1v) is 5.44. The van der Waals surface area contributed by atoms with E-state index in [0.29, 0.717) is 17.4 Å². The van der Waals surface area contributed by atoms with Gasteiger partial charge in [-0.2, -0.15) is 0 Å². The predicted octanol–water partition coefficient (Wildman–Crippen LogP) is 2.30. The summed E-state index contributed by atoms with van der Waals surface area (Å²) in [7, 11) is 0. The number of benzene rings is 1. The van der Waals surface area contributed by atoms with Crippen molar-refractivity contribution in [1.82, 2.24) is 9.97 Å². The van der Waals surface area contributed by atoms with Gasteiger partial charge < -0.3 is 5.73 Å². The van der Waals surface area contributed by atoms with E-state index in [1.54, 1.807) is 0 Å². The Kier molecular flexibility index (Phi) is 3.49. The Morgan fingerprint density at radius 2 is 1.69 bits per heavy atom. The van der Waals surface area contributed by atoms with Gasteiger partial charge in [-0.1, -0.05) is 11.6 Å². The van der Waals surface area contributed by atoms with Crippen LogP contribution in [0.15, 0.2) is 36.7 Å². The minimum Gasteiger partial charge on any atom is -0.330 e. The molecule has 0 aliphatic rings. The first kappa shape index (κ1) is 11.0. The second kappa shape index (κ2) is 5.05. The molecule has 1 heterocycles. The summed E-state index contributed by atoms with van der Waals surface area (Å²) in [6.07, 6.45) is 4.43. The SMILES string of the molecule is NCCc1cnc(-c2ccc(Cl)cc2)nc1. The molecule has 0 saturated carbocycles. The molecule has 2 rings (SSSR count). The van der Waals surface area contributed by atoms with Crippen LogP contribution in [0.3, 0.4) is 0 Å². The number of halogens is 1. The first-order valence-electron chi connectivity index (χ1n) is 5.06. The van der Waals surface area contributed by atoms with E-state index >= 15 is 0 Å². The van der Waals surface area contributed by atoms with Gasteiger partial charge in [0, 0.05) is 23.0 Å². The Hall–Kier alpha value is -1.45. The van der Waals surface area contributed by atoms with E-state index in [-0.39, 0.29) is 0 Å². The Bertz CT molecular complexity index is 451.